The number of hydrogen-bond acceptors (Lipinski definition) is 4. The van der Waals surface area contributed by atoms with Gasteiger partial charge in [0.25, 0.3) is 0 Å². The molecule has 0 unspecified atom stereocenters. The van der Waals surface area contributed by atoms with Crippen molar-refractivity contribution in [1.82, 2.24) is 5.32 Å². The van der Waals surface area contributed by atoms with Crippen molar-refractivity contribution in [3.8, 4) is 0 Å². The normalized spacial score (nSPS) is 16.6. The lowest BCUT2D eigenvalue weighted by molar-refractivity contribution is 0.0105. The number of benzene rings is 1. The number of ether oxygens (including phenoxy) is 3. The van der Waals surface area contributed by atoms with Crippen LogP contribution in [0.5, 0.6) is 0 Å². The van der Waals surface area contributed by atoms with Crippen LogP contribution in [0, 0.1) is 5.41 Å². The van der Waals surface area contributed by atoms with E-state index in [4.69, 9.17) is 14.2 Å². The van der Waals surface area contributed by atoms with Gasteiger partial charge in [0.1, 0.15) is 0 Å². The molecule has 0 radical (unpaired) electrons. The molecule has 2 rings (SSSR count). The summed E-state index contributed by atoms with van der Waals surface area (Å²) in [7, 11) is 1.68. The third-order valence-electron chi connectivity index (χ3n) is 4.00. The second-order valence-corrected chi connectivity index (χ2v) is 5.73. The molecule has 1 saturated heterocycles. The van der Waals surface area contributed by atoms with Gasteiger partial charge in [-0.3, -0.25) is 0 Å². The van der Waals surface area contributed by atoms with Gasteiger partial charge in [0.2, 0.25) is 0 Å². The number of methoxy groups -OCH3 is 1. The number of hydrogen-bond donors (Lipinski definition) is 1. The van der Waals surface area contributed by atoms with Gasteiger partial charge in [-0.05, 0) is 18.4 Å². The molecule has 21 heavy (non-hydrogen) atoms. The van der Waals surface area contributed by atoms with Crippen molar-refractivity contribution in [3.63, 3.8) is 0 Å². The molecule has 0 atom stereocenters. The first-order valence-corrected chi connectivity index (χ1v) is 7.74. The van der Waals surface area contributed by atoms with E-state index in [1.54, 1.807) is 7.11 Å². The van der Waals surface area contributed by atoms with E-state index in [-0.39, 0.29) is 0 Å². The average Bonchev–Trinajstić information content (AvgIpc) is 2.48. The Morgan fingerprint density at radius 2 is 1.62 bits per heavy atom. The third kappa shape index (κ3) is 5.75. The first kappa shape index (κ1) is 16.4. The standard InChI is InChI=1S/C17H27NO3/c1-19-9-10-21-12-11-20-8-7-17(14-18-15-17)13-16-5-3-2-4-6-16/h2-6,18H,7-15H2,1H3. The van der Waals surface area contributed by atoms with Gasteiger partial charge in [-0.1, -0.05) is 30.3 Å². The van der Waals surface area contributed by atoms with E-state index in [9.17, 15) is 0 Å². The monoisotopic (exact) mass is 293 g/mol. The Bertz CT molecular complexity index is 379. The van der Waals surface area contributed by atoms with Crippen LogP contribution in [0.1, 0.15) is 12.0 Å². The highest BCUT2D eigenvalue weighted by atomic mass is 16.5. The van der Waals surface area contributed by atoms with Gasteiger partial charge in [-0.25, -0.2) is 0 Å². The average molecular weight is 293 g/mol. The van der Waals surface area contributed by atoms with Gasteiger partial charge < -0.3 is 19.5 Å². The highest BCUT2D eigenvalue weighted by Gasteiger charge is 2.36. The zero-order valence-electron chi connectivity index (χ0n) is 13.0. The summed E-state index contributed by atoms with van der Waals surface area (Å²) in [6, 6.07) is 10.7. The van der Waals surface area contributed by atoms with E-state index in [0.29, 0.717) is 31.8 Å². The predicted molar refractivity (Wildman–Crippen MR) is 83.6 cm³/mol. The number of nitrogens with one attached hydrogen (secondary N) is 1. The fourth-order valence-corrected chi connectivity index (χ4v) is 2.65. The van der Waals surface area contributed by atoms with Crippen molar-refractivity contribution in [2.45, 2.75) is 12.8 Å². The minimum absolute atomic E-state index is 0.373. The van der Waals surface area contributed by atoms with Gasteiger partial charge in [0.15, 0.2) is 0 Å². The highest BCUT2D eigenvalue weighted by Crippen LogP contribution is 2.31. The zero-order chi connectivity index (χ0) is 14.8. The van der Waals surface area contributed by atoms with Gasteiger partial charge in [0, 0.05) is 32.2 Å². The molecule has 4 nitrogen and oxygen atoms in total. The molecule has 118 valence electrons. The number of rotatable bonds is 11. The molecule has 1 aliphatic rings. The first-order valence-electron chi connectivity index (χ1n) is 7.74. The van der Waals surface area contributed by atoms with Crippen LogP contribution in [0.2, 0.25) is 0 Å². The maximum atomic E-state index is 5.69. The van der Waals surface area contributed by atoms with E-state index in [1.807, 2.05) is 0 Å². The summed E-state index contributed by atoms with van der Waals surface area (Å²) in [5.41, 5.74) is 1.79. The topological polar surface area (TPSA) is 39.7 Å². The summed E-state index contributed by atoms with van der Waals surface area (Å²) < 4.78 is 16.0. The van der Waals surface area contributed by atoms with Crippen molar-refractivity contribution >= 4 is 0 Å². The lowest BCUT2D eigenvalue weighted by atomic mass is 9.74. The van der Waals surface area contributed by atoms with Gasteiger partial charge in [-0.15, -0.1) is 0 Å². The molecule has 0 aliphatic carbocycles. The Balaban J connectivity index is 1.59. The van der Waals surface area contributed by atoms with Crippen LogP contribution in [0.25, 0.3) is 0 Å². The quantitative estimate of drug-likeness (QED) is 0.633. The molecule has 0 amide bonds. The van der Waals surface area contributed by atoms with E-state index in [1.165, 1.54) is 5.56 Å². The Kier molecular flexibility index (Phi) is 7.16. The molecule has 0 spiro atoms. The van der Waals surface area contributed by atoms with E-state index >= 15 is 0 Å². The minimum atomic E-state index is 0.373. The molecule has 4 heteroatoms. The van der Waals surface area contributed by atoms with Gasteiger partial charge in [-0.2, -0.15) is 0 Å². The smallest absolute Gasteiger partial charge is 0.0701 e. The van der Waals surface area contributed by atoms with Crippen molar-refractivity contribution < 1.29 is 14.2 Å². The summed E-state index contributed by atoms with van der Waals surface area (Å²) in [6.07, 6.45) is 2.24. The van der Waals surface area contributed by atoms with Crippen LogP contribution >= 0.6 is 0 Å². The van der Waals surface area contributed by atoms with Gasteiger partial charge >= 0.3 is 0 Å². The second-order valence-electron chi connectivity index (χ2n) is 5.73. The largest absolute Gasteiger partial charge is 0.382 e. The summed E-state index contributed by atoms with van der Waals surface area (Å²) in [5.74, 6) is 0. The van der Waals surface area contributed by atoms with Crippen LogP contribution in [0.3, 0.4) is 0 Å². The van der Waals surface area contributed by atoms with Crippen LogP contribution in [0.4, 0.5) is 0 Å². The molecule has 1 aromatic carbocycles. The van der Waals surface area contributed by atoms with E-state index in [2.05, 4.69) is 35.6 Å². The molecular weight excluding hydrogens is 266 g/mol. The van der Waals surface area contributed by atoms with Crippen LogP contribution in [0.15, 0.2) is 30.3 Å². The van der Waals surface area contributed by atoms with Crippen molar-refractivity contribution in [1.29, 1.82) is 0 Å². The summed E-state index contributed by atoms with van der Waals surface area (Å²) in [5, 5.41) is 3.40. The molecule has 0 aromatic heterocycles. The van der Waals surface area contributed by atoms with E-state index < -0.39 is 0 Å². The summed E-state index contributed by atoms with van der Waals surface area (Å²) >= 11 is 0. The summed E-state index contributed by atoms with van der Waals surface area (Å²) in [6.45, 7) is 5.59. The van der Waals surface area contributed by atoms with Crippen LogP contribution in [-0.2, 0) is 20.6 Å². The van der Waals surface area contributed by atoms with Crippen molar-refractivity contribution in [3.05, 3.63) is 35.9 Å². The minimum Gasteiger partial charge on any atom is -0.382 e. The second kappa shape index (κ2) is 9.15. The Morgan fingerprint density at radius 3 is 2.24 bits per heavy atom. The SMILES string of the molecule is COCCOCCOCCC1(Cc2ccccc2)CNC1. The Morgan fingerprint density at radius 1 is 0.952 bits per heavy atom. The molecule has 1 aliphatic heterocycles. The third-order valence-corrected chi connectivity index (χ3v) is 4.00. The molecule has 1 fully saturated rings. The summed E-state index contributed by atoms with van der Waals surface area (Å²) in [4.78, 5) is 0. The lowest BCUT2D eigenvalue weighted by Crippen LogP contribution is -2.55. The fraction of sp³-hybridized carbons (Fsp3) is 0.647. The maximum Gasteiger partial charge on any atom is 0.0701 e. The lowest BCUT2D eigenvalue weighted by Gasteiger charge is -2.43. The van der Waals surface area contributed by atoms with Crippen LogP contribution < -0.4 is 5.32 Å². The fourth-order valence-electron chi connectivity index (χ4n) is 2.65. The van der Waals surface area contributed by atoms with Crippen molar-refractivity contribution in [2.75, 3.05) is 53.2 Å². The molecule has 1 heterocycles. The molecule has 0 bridgehead atoms. The maximum absolute atomic E-state index is 5.69. The predicted octanol–water partition coefficient (Wildman–Crippen LogP) is 1.89. The molecule has 0 saturated carbocycles. The first-order chi connectivity index (χ1) is 10.3. The van der Waals surface area contributed by atoms with E-state index in [0.717, 1.165) is 32.5 Å². The Labute approximate surface area is 127 Å². The van der Waals surface area contributed by atoms with Crippen LogP contribution in [-0.4, -0.2) is 53.2 Å². The zero-order valence-corrected chi connectivity index (χ0v) is 13.0. The Hall–Kier alpha value is -0.940. The molecule has 1 aromatic rings. The molecule has 1 N–H and O–H groups in total. The highest BCUT2D eigenvalue weighted by molar-refractivity contribution is 5.18. The molecular formula is C17H27NO3. The van der Waals surface area contributed by atoms with Gasteiger partial charge in [0.05, 0.1) is 26.4 Å². The van der Waals surface area contributed by atoms with Crippen molar-refractivity contribution in [2.24, 2.45) is 5.41 Å².